The van der Waals surface area contributed by atoms with Crippen molar-refractivity contribution in [1.29, 1.82) is 0 Å². The maximum Gasteiger partial charge on any atom is 0.0787 e. The van der Waals surface area contributed by atoms with Gasteiger partial charge >= 0.3 is 0 Å². The maximum absolute atomic E-state index is 10.3. The Morgan fingerprint density at radius 1 is 1.43 bits per heavy atom. The van der Waals surface area contributed by atoms with Gasteiger partial charge in [-0.2, -0.15) is 0 Å². The minimum absolute atomic E-state index is 0.432. The van der Waals surface area contributed by atoms with Gasteiger partial charge in [-0.05, 0) is 44.6 Å². The third kappa shape index (κ3) is 1.47. The summed E-state index contributed by atoms with van der Waals surface area (Å²) in [6.07, 6.45) is 6.50. The first-order valence-corrected chi connectivity index (χ1v) is 5.84. The van der Waals surface area contributed by atoms with Crippen LogP contribution in [0.1, 0.15) is 32.1 Å². The molecule has 4 unspecified atom stereocenters. The van der Waals surface area contributed by atoms with E-state index in [0.29, 0.717) is 18.1 Å². The van der Waals surface area contributed by atoms with Crippen LogP contribution in [0.5, 0.6) is 0 Å². The number of aliphatic hydroxyl groups is 1. The molecule has 0 spiro atoms. The van der Waals surface area contributed by atoms with Gasteiger partial charge in [-0.15, -0.1) is 0 Å². The fraction of sp³-hybridized carbons (Fsp3) is 1.00. The summed E-state index contributed by atoms with van der Waals surface area (Å²) in [5, 5.41) is 13.5. The van der Waals surface area contributed by atoms with E-state index in [1.54, 1.807) is 0 Å². The summed E-state index contributed by atoms with van der Waals surface area (Å²) in [5.74, 6) is 0.624. The van der Waals surface area contributed by atoms with Crippen LogP contribution in [-0.2, 0) is 4.74 Å². The summed E-state index contributed by atoms with van der Waals surface area (Å²) in [7, 11) is 0. The summed E-state index contributed by atoms with van der Waals surface area (Å²) in [5.41, 5.74) is -0.432. The Balaban J connectivity index is 1.62. The number of nitrogens with one attached hydrogen (secondary N) is 1. The van der Waals surface area contributed by atoms with Crippen molar-refractivity contribution in [2.45, 2.75) is 49.9 Å². The Hall–Kier alpha value is -0.120. The summed E-state index contributed by atoms with van der Waals surface area (Å²) in [6, 6.07) is 0. The van der Waals surface area contributed by atoms with Gasteiger partial charge in [-0.1, -0.05) is 0 Å². The molecule has 0 aliphatic carbocycles. The SMILES string of the molecule is OC1(CC2CC3CCC2O3)CCNC1. The van der Waals surface area contributed by atoms with Crippen LogP contribution in [0.25, 0.3) is 0 Å². The van der Waals surface area contributed by atoms with E-state index in [0.717, 1.165) is 25.9 Å². The minimum atomic E-state index is -0.432. The first-order valence-electron chi connectivity index (χ1n) is 5.84. The standard InChI is InChI=1S/C11H19NO2/c13-11(3-4-12-7-11)6-8-5-9-1-2-10(8)14-9/h8-10,12-13H,1-7H2. The zero-order valence-electron chi connectivity index (χ0n) is 8.54. The van der Waals surface area contributed by atoms with Crippen molar-refractivity contribution in [3.8, 4) is 0 Å². The highest BCUT2D eigenvalue weighted by molar-refractivity contribution is 4.96. The summed E-state index contributed by atoms with van der Waals surface area (Å²) >= 11 is 0. The van der Waals surface area contributed by atoms with Gasteiger partial charge < -0.3 is 15.2 Å². The minimum Gasteiger partial charge on any atom is -0.389 e. The van der Waals surface area contributed by atoms with E-state index in [1.807, 2.05) is 0 Å². The van der Waals surface area contributed by atoms with Gasteiger partial charge in [-0.3, -0.25) is 0 Å². The van der Waals surface area contributed by atoms with Crippen molar-refractivity contribution in [3.63, 3.8) is 0 Å². The largest absolute Gasteiger partial charge is 0.389 e. The van der Waals surface area contributed by atoms with Crippen LogP contribution >= 0.6 is 0 Å². The molecule has 14 heavy (non-hydrogen) atoms. The fourth-order valence-electron chi connectivity index (χ4n) is 3.35. The molecule has 3 aliphatic heterocycles. The molecule has 3 saturated heterocycles. The van der Waals surface area contributed by atoms with Gasteiger partial charge in [0.2, 0.25) is 0 Å². The fourth-order valence-corrected chi connectivity index (χ4v) is 3.35. The predicted octanol–water partition coefficient (Wildman–Crippen LogP) is 0.668. The molecule has 2 bridgehead atoms. The van der Waals surface area contributed by atoms with Crippen LogP contribution in [0.15, 0.2) is 0 Å². The number of β-amino-alcohol motifs (C(OH)–C–C–N with tert-alkyl or cyclic N) is 1. The molecule has 80 valence electrons. The molecule has 3 aliphatic rings. The van der Waals surface area contributed by atoms with Gasteiger partial charge in [0.25, 0.3) is 0 Å². The lowest BCUT2D eigenvalue weighted by molar-refractivity contribution is 0.0180. The van der Waals surface area contributed by atoms with Crippen LogP contribution in [0.3, 0.4) is 0 Å². The van der Waals surface area contributed by atoms with E-state index in [-0.39, 0.29) is 0 Å². The third-order valence-electron chi connectivity index (χ3n) is 4.10. The molecule has 0 radical (unpaired) electrons. The molecule has 3 fully saturated rings. The molecule has 3 heterocycles. The smallest absolute Gasteiger partial charge is 0.0787 e. The van der Waals surface area contributed by atoms with Crippen LogP contribution in [0, 0.1) is 5.92 Å². The summed E-state index contributed by atoms with van der Waals surface area (Å²) in [6.45, 7) is 1.75. The predicted molar refractivity (Wildman–Crippen MR) is 53.1 cm³/mol. The zero-order chi connectivity index (χ0) is 9.60. The quantitative estimate of drug-likeness (QED) is 0.683. The number of ether oxygens (including phenoxy) is 1. The highest BCUT2D eigenvalue weighted by Gasteiger charge is 2.45. The number of fused-ring (bicyclic) bond motifs is 2. The monoisotopic (exact) mass is 197 g/mol. The van der Waals surface area contributed by atoms with Crippen molar-refractivity contribution in [1.82, 2.24) is 5.32 Å². The van der Waals surface area contributed by atoms with Crippen LogP contribution in [-0.4, -0.2) is 36.0 Å². The van der Waals surface area contributed by atoms with Crippen molar-refractivity contribution in [2.24, 2.45) is 5.92 Å². The molecular weight excluding hydrogens is 178 g/mol. The normalized spacial score (nSPS) is 51.6. The zero-order valence-corrected chi connectivity index (χ0v) is 8.54. The Morgan fingerprint density at radius 2 is 2.36 bits per heavy atom. The van der Waals surface area contributed by atoms with Crippen molar-refractivity contribution >= 4 is 0 Å². The molecule has 0 amide bonds. The van der Waals surface area contributed by atoms with E-state index in [2.05, 4.69) is 5.32 Å². The molecule has 0 saturated carbocycles. The second-order valence-electron chi connectivity index (χ2n) is 5.22. The van der Waals surface area contributed by atoms with Crippen LogP contribution in [0.2, 0.25) is 0 Å². The molecule has 2 N–H and O–H groups in total. The molecule has 3 heteroatoms. The molecule has 0 aromatic carbocycles. The second kappa shape index (κ2) is 3.19. The van der Waals surface area contributed by atoms with Crippen LogP contribution in [0.4, 0.5) is 0 Å². The van der Waals surface area contributed by atoms with E-state index in [9.17, 15) is 5.11 Å². The van der Waals surface area contributed by atoms with E-state index in [4.69, 9.17) is 4.74 Å². The number of hydrogen-bond donors (Lipinski definition) is 2. The van der Waals surface area contributed by atoms with E-state index < -0.39 is 5.60 Å². The molecular formula is C11H19NO2. The van der Waals surface area contributed by atoms with Crippen molar-refractivity contribution in [3.05, 3.63) is 0 Å². The van der Waals surface area contributed by atoms with Crippen LogP contribution < -0.4 is 5.32 Å². The number of hydrogen-bond acceptors (Lipinski definition) is 3. The topological polar surface area (TPSA) is 41.5 Å². The molecule has 0 aromatic rings. The van der Waals surface area contributed by atoms with E-state index >= 15 is 0 Å². The summed E-state index contributed by atoms with van der Waals surface area (Å²) in [4.78, 5) is 0. The molecule has 4 atom stereocenters. The Labute approximate surface area is 84.8 Å². The van der Waals surface area contributed by atoms with Gasteiger partial charge in [0, 0.05) is 6.54 Å². The third-order valence-corrected chi connectivity index (χ3v) is 4.10. The molecule has 0 aromatic heterocycles. The average molecular weight is 197 g/mol. The highest BCUT2D eigenvalue weighted by atomic mass is 16.5. The Morgan fingerprint density at radius 3 is 2.93 bits per heavy atom. The van der Waals surface area contributed by atoms with Gasteiger partial charge in [-0.25, -0.2) is 0 Å². The lowest BCUT2D eigenvalue weighted by atomic mass is 9.80. The number of rotatable bonds is 2. The van der Waals surface area contributed by atoms with Gasteiger partial charge in [0.05, 0.1) is 17.8 Å². The molecule has 3 rings (SSSR count). The van der Waals surface area contributed by atoms with E-state index in [1.165, 1.54) is 19.3 Å². The lowest BCUT2D eigenvalue weighted by Gasteiger charge is -2.28. The summed E-state index contributed by atoms with van der Waals surface area (Å²) < 4.78 is 5.81. The first-order chi connectivity index (χ1) is 6.75. The second-order valence-corrected chi connectivity index (χ2v) is 5.22. The first kappa shape index (κ1) is 9.13. The average Bonchev–Trinajstić information content (AvgIpc) is 2.80. The van der Waals surface area contributed by atoms with Gasteiger partial charge in [0.15, 0.2) is 0 Å². The highest BCUT2D eigenvalue weighted by Crippen LogP contribution is 2.43. The lowest BCUT2D eigenvalue weighted by Crippen LogP contribution is -2.36. The maximum atomic E-state index is 10.3. The molecule has 3 nitrogen and oxygen atoms in total. The van der Waals surface area contributed by atoms with Crippen molar-refractivity contribution in [2.75, 3.05) is 13.1 Å². The van der Waals surface area contributed by atoms with Gasteiger partial charge in [0.1, 0.15) is 0 Å². The Bertz CT molecular complexity index is 225. The Kier molecular flexibility index (Phi) is 2.08. The van der Waals surface area contributed by atoms with Crippen molar-refractivity contribution < 1.29 is 9.84 Å².